The lowest BCUT2D eigenvalue weighted by molar-refractivity contribution is -0.114. The van der Waals surface area contributed by atoms with Gasteiger partial charge in [0.05, 0.1) is 29.0 Å². The molecule has 0 aliphatic rings. The Morgan fingerprint density at radius 3 is 2.52 bits per heavy atom. The van der Waals surface area contributed by atoms with E-state index < -0.39 is 8.07 Å². The molecular weight excluding hydrogens is 590 g/mol. The van der Waals surface area contributed by atoms with E-state index in [0.717, 1.165) is 28.4 Å². The van der Waals surface area contributed by atoms with Crippen LogP contribution in [0.25, 0.3) is 33.4 Å². The van der Waals surface area contributed by atoms with Gasteiger partial charge in [-0.1, -0.05) is 32.6 Å². The van der Waals surface area contributed by atoms with E-state index in [0.29, 0.717) is 45.7 Å². The topological polar surface area (TPSA) is 119 Å². The van der Waals surface area contributed by atoms with Crippen LogP contribution in [0, 0.1) is 0 Å². The minimum atomic E-state index is -1.33. The third kappa shape index (κ3) is 6.72. The molecule has 0 saturated carbocycles. The molecule has 40 heavy (non-hydrogen) atoms. The number of fused-ring (bicyclic) bond motifs is 1. The third-order valence-electron chi connectivity index (χ3n) is 6.43. The number of ether oxygens (including phenoxy) is 1. The van der Waals surface area contributed by atoms with E-state index in [-0.39, 0.29) is 25.0 Å². The first-order valence-corrected chi connectivity index (χ1v) is 17.7. The van der Waals surface area contributed by atoms with Gasteiger partial charge in [0.2, 0.25) is 5.91 Å². The van der Waals surface area contributed by atoms with Crippen molar-refractivity contribution >= 4 is 52.5 Å². The first kappa shape index (κ1) is 29.7. The summed E-state index contributed by atoms with van der Waals surface area (Å²) in [4.78, 5) is 38.6. The first-order valence-electron chi connectivity index (χ1n) is 13.2. The summed E-state index contributed by atoms with van der Waals surface area (Å²) in [5.41, 5.74) is 5.39. The van der Waals surface area contributed by atoms with Crippen molar-refractivity contribution < 1.29 is 19.4 Å². The highest BCUT2D eigenvalue weighted by Crippen LogP contribution is 2.42. The summed E-state index contributed by atoms with van der Waals surface area (Å²) in [7, 11) is -1.33. The summed E-state index contributed by atoms with van der Waals surface area (Å²) in [6, 6.07) is 10.0. The van der Waals surface area contributed by atoms with Crippen LogP contribution in [0.4, 0.5) is 5.82 Å². The molecule has 0 unspecified atom stereocenters. The average Bonchev–Trinajstić information content (AvgIpc) is 3.23. The maximum absolute atomic E-state index is 13.3. The average molecular weight is 625 g/mol. The van der Waals surface area contributed by atoms with Crippen molar-refractivity contribution in [3.63, 3.8) is 0 Å². The number of nitrogens with zero attached hydrogens (tertiary/aromatic N) is 4. The molecule has 0 radical (unpaired) electrons. The van der Waals surface area contributed by atoms with E-state index >= 15 is 0 Å². The van der Waals surface area contributed by atoms with Crippen LogP contribution in [-0.4, -0.2) is 51.0 Å². The maximum atomic E-state index is 13.3. The predicted octanol–water partition coefficient (Wildman–Crippen LogP) is 6.28. The van der Waals surface area contributed by atoms with Crippen LogP contribution in [0.2, 0.25) is 25.7 Å². The number of aromatic nitrogens is 4. The highest BCUT2D eigenvalue weighted by molar-refractivity contribution is 9.10. The van der Waals surface area contributed by atoms with Gasteiger partial charge in [-0.25, -0.2) is 9.97 Å². The number of hydrogen-bond donors (Lipinski definition) is 2. The number of rotatable bonds is 11. The van der Waals surface area contributed by atoms with Crippen molar-refractivity contribution in [2.45, 2.75) is 59.3 Å². The Morgan fingerprint density at radius 1 is 1.12 bits per heavy atom. The van der Waals surface area contributed by atoms with Crippen LogP contribution in [0.5, 0.6) is 0 Å². The Balaban J connectivity index is 2.05. The number of carbonyl (C=O) groups excluding carboxylic acids is 2. The second kappa shape index (κ2) is 12.5. The molecule has 0 fully saturated rings. The number of halogens is 1. The molecule has 4 aromatic rings. The van der Waals surface area contributed by atoms with Gasteiger partial charge in [-0.05, 0) is 46.2 Å². The molecule has 0 atom stereocenters. The monoisotopic (exact) mass is 623 g/mol. The van der Waals surface area contributed by atoms with E-state index in [9.17, 15) is 14.7 Å². The number of amides is 1. The van der Waals surface area contributed by atoms with Crippen LogP contribution in [0.15, 0.2) is 47.3 Å². The highest BCUT2D eigenvalue weighted by atomic mass is 79.9. The van der Waals surface area contributed by atoms with Crippen LogP contribution in [0.3, 0.4) is 0 Å². The second-order valence-corrected chi connectivity index (χ2v) is 17.2. The summed E-state index contributed by atoms with van der Waals surface area (Å²) < 4.78 is 8.79. The van der Waals surface area contributed by atoms with Crippen molar-refractivity contribution in [2.24, 2.45) is 0 Å². The fourth-order valence-corrected chi connectivity index (χ4v) is 5.61. The summed E-state index contributed by atoms with van der Waals surface area (Å²) in [5, 5.41) is 12.3. The molecule has 9 nitrogen and oxygen atoms in total. The normalized spacial score (nSPS) is 11.7. The molecule has 0 bridgehead atoms. The lowest BCUT2D eigenvalue weighted by atomic mass is 10.0. The zero-order chi connectivity index (χ0) is 29.0. The van der Waals surface area contributed by atoms with E-state index in [1.165, 1.54) is 6.92 Å². The molecular formula is C29H34BrN5O4Si. The Morgan fingerprint density at radius 2 is 1.90 bits per heavy atom. The Labute approximate surface area is 243 Å². The van der Waals surface area contributed by atoms with Crippen LogP contribution in [-0.2, 0) is 22.9 Å². The predicted molar refractivity (Wildman–Crippen MR) is 163 cm³/mol. The molecule has 0 aliphatic carbocycles. The molecule has 0 saturated heterocycles. The lowest BCUT2D eigenvalue weighted by Gasteiger charge is -2.18. The van der Waals surface area contributed by atoms with Crippen LogP contribution < -0.4 is 5.32 Å². The quantitative estimate of drug-likeness (QED) is 0.0873. The minimum Gasteiger partial charge on any atom is -0.390 e. The molecule has 0 aliphatic heterocycles. The zero-order valence-corrected chi connectivity index (χ0v) is 26.0. The first-order chi connectivity index (χ1) is 19.0. The van der Waals surface area contributed by atoms with Crippen LogP contribution in [0.1, 0.15) is 36.3 Å². The number of ketones is 1. The zero-order valence-electron chi connectivity index (χ0n) is 23.4. The SMILES string of the molecule is CCC(=O)c1cc(Br)nc2c(-c3ccc(CO)nc3)c(-c3ccnc(NC(C)=O)c3)n(COCC[Si](C)(C)C)c12. The number of aliphatic hydroxyl groups is 1. The number of hydrogen-bond acceptors (Lipinski definition) is 7. The maximum Gasteiger partial charge on any atom is 0.222 e. The van der Waals surface area contributed by atoms with E-state index in [1.807, 2.05) is 23.6 Å². The smallest absolute Gasteiger partial charge is 0.222 e. The number of Topliss-reactive ketones (excluding diaryl/α,β-unsaturated/α-hetero) is 1. The van der Waals surface area contributed by atoms with Gasteiger partial charge in [0.25, 0.3) is 0 Å². The molecule has 4 aromatic heterocycles. The van der Waals surface area contributed by atoms with Crippen molar-refractivity contribution in [1.82, 2.24) is 19.5 Å². The fourth-order valence-electron chi connectivity index (χ4n) is 4.45. The molecule has 0 spiro atoms. The Bertz CT molecular complexity index is 1550. The van der Waals surface area contributed by atoms with Gasteiger partial charge in [0.1, 0.15) is 17.2 Å². The third-order valence-corrected chi connectivity index (χ3v) is 8.54. The number of anilines is 1. The molecule has 2 N–H and O–H groups in total. The number of carbonyl (C=O) groups is 2. The number of aliphatic hydroxyl groups excluding tert-OH is 1. The standard InChI is InChI=1S/C29H34BrN5O4Si/c1-6-23(38)22-14-24(30)34-27-26(20-7-8-21(16-36)32-15-20)28(19-9-10-31-25(13-19)33-18(2)37)35(29(22)27)17-39-11-12-40(3,4)5/h7-10,13-15,36H,6,11-12,16-17H2,1-5H3,(H,31,33,37). The molecule has 11 heteroatoms. The van der Waals surface area contributed by atoms with Crippen molar-refractivity contribution in [3.05, 3.63) is 58.6 Å². The second-order valence-electron chi connectivity index (χ2n) is 10.8. The van der Waals surface area contributed by atoms with E-state index in [1.54, 1.807) is 30.6 Å². The molecule has 4 heterocycles. The van der Waals surface area contributed by atoms with Gasteiger partial charge < -0.3 is 19.7 Å². The van der Waals surface area contributed by atoms with Gasteiger partial charge in [0, 0.05) is 62.7 Å². The van der Waals surface area contributed by atoms with Gasteiger partial charge in [-0.2, -0.15) is 0 Å². The number of pyridine rings is 3. The lowest BCUT2D eigenvalue weighted by Crippen LogP contribution is -2.22. The van der Waals surface area contributed by atoms with Crippen molar-refractivity contribution in [1.29, 1.82) is 0 Å². The Kier molecular flexibility index (Phi) is 9.29. The van der Waals surface area contributed by atoms with Gasteiger partial charge in [-0.15, -0.1) is 0 Å². The van der Waals surface area contributed by atoms with Crippen molar-refractivity contribution in [2.75, 3.05) is 11.9 Å². The fraction of sp³-hybridized carbons (Fsp3) is 0.345. The Hall–Kier alpha value is -3.25. The van der Waals surface area contributed by atoms with E-state index in [2.05, 4.69) is 50.9 Å². The summed E-state index contributed by atoms with van der Waals surface area (Å²) in [6.45, 7) is 10.8. The van der Waals surface area contributed by atoms with Crippen molar-refractivity contribution in [3.8, 4) is 22.4 Å². The molecule has 4 rings (SSSR count). The highest BCUT2D eigenvalue weighted by Gasteiger charge is 2.26. The van der Waals surface area contributed by atoms with Gasteiger partial charge in [0.15, 0.2) is 5.78 Å². The molecule has 1 amide bonds. The van der Waals surface area contributed by atoms with E-state index in [4.69, 9.17) is 9.72 Å². The summed E-state index contributed by atoms with van der Waals surface area (Å²) in [6.07, 6.45) is 3.65. The summed E-state index contributed by atoms with van der Waals surface area (Å²) in [5.74, 6) is 0.153. The largest absolute Gasteiger partial charge is 0.390 e. The number of nitrogens with one attached hydrogen (secondary N) is 1. The molecule has 210 valence electrons. The molecule has 0 aromatic carbocycles. The minimum absolute atomic E-state index is 0.0190. The van der Waals surface area contributed by atoms with Gasteiger partial charge >= 0.3 is 0 Å². The van der Waals surface area contributed by atoms with Gasteiger partial charge in [-0.3, -0.25) is 14.6 Å². The van der Waals surface area contributed by atoms with Crippen LogP contribution >= 0.6 is 15.9 Å². The summed E-state index contributed by atoms with van der Waals surface area (Å²) >= 11 is 3.52.